The molecule has 2 aliphatic heterocycles. The molecule has 4 aromatic carbocycles. The summed E-state index contributed by atoms with van der Waals surface area (Å²) in [5.41, 5.74) is 15.6. The molecule has 268 valence electrons. The van der Waals surface area contributed by atoms with Crippen LogP contribution in [0.1, 0.15) is 42.5 Å². The fourth-order valence-electron chi connectivity index (χ4n) is 7.56. The lowest BCUT2D eigenvalue weighted by atomic mass is 10.0. The van der Waals surface area contributed by atoms with Gasteiger partial charge in [-0.1, -0.05) is 132 Å². The highest BCUT2D eigenvalue weighted by Crippen LogP contribution is 2.40. The van der Waals surface area contributed by atoms with Crippen molar-refractivity contribution in [2.24, 2.45) is 0 Å². The Bertz CT molecular complexity index is 2690. The number of para-hydroxylation sites is 1. The minimum absolute atomic E-state index is 0.440. The quantitative estimate of drug-likeness (QED) is 0.113. The number of aromatic nitrogens is 4. The molecule has 0 fully saturated rings. The van der Waals surface area contributed by atoms with Crippen LogP contribution in [0.4, 0.5) is 0 Å². The SMILES string of the molecule is CC(Br)CCCOc1ccccc1-c1c2nc(c(-c3ccccc3)c3ccc([nH]3)c(-c3ccccc3)c3nc(c(-c4ccccc4)c4ccc1[nH]4)C=C3)C=C2. The Labute approximate surface area is 329 Å². The first-order valence-corrected chi connectivity index (χ1v) is 19.7. The number of ether oxygens (including phenoxy) is 1. The second-order valence-electron chi connectivity index (χ2n) is 13.9. The molecule has 7 aromatic rings. The third kappa shape index (κ3) is 6.97. The minimum Gasteiger partial charge on any atom is -0.493 e. The number of hydrogen-bond donors (Lipinski definition) is 2. The van der Waals surface area contributed by atoms with E-state index in [1.807, 2.05) is 6.07 Å². The molecule has 9 rings (SSSR count). The maximum atomic E-state index is 6.53. The van der Waals surface area contributed by atoms with Gasteiger partial charge in [-0.05, 0) is 84.2 Å². The lowest BCUT2D eigenvalue weighted by Crippen LogP contribution is -2.02. The van der Waals surface area contributed by atoms with Gasteiger partial charge in [-0.2, -0.15) is 0 Å². The predicted octanol–water partition coefficient (Wildman–Crippen LogP) is 13.3. The van der Waals surface area contributed by atoms with E-state index in [1.54, 1.807) is 0 Å². The Balaban J connectivity index is 1.41. The molecule has 0 radical (unpaired) electrons. The number of halogens is 1. The molecule has 6 heteroatoms. The second-order valence-corrected chi connectivity index (χ2v) is 15.4. The van der Waals surface area contributed by atoms with Crippen molar-refractivity contribution in [2.75, 3.05) is 6.61 Å². The van der Waals surface area contributed by atoms with E-state index in [0.29, 0.717) is 11.4 Å². The Morgan fingerprint density at radius 1 is 0.491 bits per heavy atom. The summed E-state index contributed by atoms with van der Waals surface area (Å²) < 4.78 is 6.53. The van der Waals surface area contributed by atoms with Gasteiger partial charge in [0.1, 0.15) is 5.75 Å². The summed E-state index contributed by atoms with van der Waals surface area (Å²) in [7, 11) is 0. The molecule has 1 atom stereocenters. The van der Waals surface area contributed by atoms with E-state index in [-0.39, 0.29) is 0 Å². The maximum absolute atomic E-state index is 6.53. The van der Waals surface area contributed by atoms with Crippen molar-refractivity contribution in [3.63, 3.8) is 0 Å². The van der Waals surface area contributed by atoms with E-state index in [2.05, 4.69) is 191 Å². The first-order valence-electron chi connectivity index (χ1n) is 18.8. The van der Waals surface area contributed by atoms with Gasteiger partial charge in [0.2, 0.25) is 0 Å². The fourth-order valence-corrected chi connectivity index (χ4v) is 7.88. The summed E-state index contributed by atoms with van der Waals surface area (Å²) in [6, 6.07) is 48.5. The average molecular weight is 780 g/mol. The fraction of sp³-hybridized carbons (Fsp3) is 0.102. The molecular formula is C49H39BrN4O. The van der Waals surface area contributed by atoms with Crippen LogP contribution in [0.2, 0.25) is 0 Å². The molecule has 2 N–H and O–H groups in total. The van der Waals surface area contributed by atoms with Gasteiger partial charge < -0.3 is 14.7 Å². The van der Waals surface area contributed by atoms with E-state index in [1.165, 1.54) is 0 Å². The maximum Gasteiger partial charge on any atom is 0.127 e. The van der Waals surface area contributed by atoms with E-state index in [4.69, 9.17) is 14.7 Å². The number of nitrogens with one attached hydrogen (secondary N) is 2. The molecule has 3 aromatic heterocycles. The van der Waals surface area contributed by atoms with Gasteiger partial charge in [0, 0.05) is 54.7 Å². The third-order valence-corrected chi connectivity index (χ3v) is 10.6. The number of rotatable bonds is 9. The van der Waals surface area contributed by atoms with E-state index in [0.717, 1.165) is 108 Å². The number of hydrogen-bond acceptors (Lipinski definition) is 3. The minimum atomic E-state index is 0.440. The molecule has 1 unspecified atom stereocenters. The Morgan fingerprint density at radius 3 is 1.31 bits per heavy atom. The van der Waals surface area contributed by atoms with Crippen molar-refractivity contribution < 1.29 is 4.74 Å². The molecule has 0 spiro atoms. The first-order chi connectivity index (χ1) is 27.1. The number of alkyl halides is 1. The van der Waals surface area contributed by atoms with E-state index in [9.17, 15) is 0 Å². The van der Waals surface area contributed by atoms with Crippen molar-refractivity contribution in [2.45, 2.75) is 24.6 Å². The number of nitrogens with zero attached hydrogens (tertiary/aromatic N) is 2. The standard InChI is InChI=1S/C49H39BrN4O/c1-32(50)14-13-31-55-45-22-12-11-21-36(45)49-43-29-27-41(53-43)47(34-17-7-3-8-18-34)39-25-23-37(51-39)46(33-15-5-2-6-16-33)38-24-26-40(52-38)48(35-19-9-4-10-20-35)42-28-30-44(49)54-42/h2-12,15-30,32,51,54H,13-14,31H2,1H3. The number of benzene rings is 4. The summed E-state index contributed by atoms with van der Waals surface area (Å²) >= 11 is 3.69. The van der Waals surface area contributed by atoms with Gasteiger partial charge in [0.25, 0.3) is 0 Å². The van der Waals surface area contributed by atoms with Gasteiger partial charge >= 0.3 is 0 Å². The van der Waals surface area contributed by atoms with Crippen LogP contribution >= 0.6 is 15.9 Å². The molecule has 5 nitrogen and oxygen atoms in total. The number of aromatic amines is 2. The number of fused-ring (bicyclic) bond motifs is 8. The van der Waals surface area contributed by atoms with Crippen LogP contribution in [0.15, 0.2) is 140 Å². The topological polar surface area (TPSA) is 66.6 Å². The van der Waals surface area contributed by atoms with Crippen molar-refractivity contribution >= 4 is 62.3 Å². The highest BCUT2D eigenvalue weighted by molar-refractivity contribution is 9.09. The highest BCUT2D eigenvalue weighted by Gasteiger charge is 2.20. The van der Waals surface area contributed by atoms with Crippen molar-refractivity contribution in [3.05, 3.63) is 162 Å². The summed E-state index contributed by atoms with van der Waals surface area (Å²) in [6.07, 6.45) is 10.5. The lowest BCUT2D eigenvalue weighted by Gasteiger charge is -2.13. The summed E-state index contributed by atoms with van der Waals surface area (Å²) in [5, 5.41) is 0. The van der Waals surface area contributed by atoms with Gasteiger partial charge in [-0.25, -0.2) is 9.97 Å². The molecule has 0 saturated carbocycles. The van der Waals surface area contributed by atoms with Crippen molar-refractivity contribution in [1.82, 2.24) is 19.9 Å². The van der Waals surface area contributed by atoms with Crippen LogP contribution in [-0.4, -0.2) is 31.4 Å². The first kappa shape index (κ1) is 34.5. The largest absolute Gasteiger partial charge is 0.493 e. The summed E-state index contributed by atoms with van der Waals surface area (Å²) in [6.45, 7) is 2.79. The zero-order chi connectivity index (χ0) is 37.1. The molecule has 5 heterocycles. The normalized spacial score (nSPS) is 12.5. The van der Waals surface area contributed by atoms with Gasteiger partial charge in [0.05, 0.1) is 29.4 Å². The van der Waals surface area contributed by atoms with Crippen LogP contribution in [0, 0.1) is 0 Å². The Hall–Kier alpha value is -6.24. The lowest BCUT2D eigenvalue weighted by molar-refractivity contribution is 0.308. The van der Waals surface area contributed by atoms with Crippen molar-refractivity contribution in [3.8, 4) is 50.3 Å². The average Bonchev–Trinajstić information content (AvgIpc) is 4.06. The van der Waals surface area contributed by atoms with Crippen LogP contribution in [0.5, 0.6) is 5.75 Å². The van der Waals surface area contributed by atoms with E-state index < -0.39 is 0 Å². The third-order valence-electron chi connectivity index (χ3n) is 10.1. The molecule has 0 aliphatic carbocycles. The van der Waals surface area contributed by atoms with Crippen LogP contribution in [-0.2, 0) is 0 Å². The number of H-pyrrole nitrogens is 2. The van der Waals surface area contributed by atoms with Crippen molar-refractivity contribution in [1.29, 1.82) is 0 Å². The molecule has 8 bridgehead atoms. The zero-order valence-corrected chi connectivity index (χ0v) is 32.1. The molecule has 0 amide bonds. The second kappa shape index (κ2) is 15.2. The zero-order valence-electron chi connectivity index (χ0n) is 30.5. The molecule has 2 aliphatic rings. The van der Waals surface area contributed by atoms with Gasteiger partial charge in [0.15, 0.2) is 0 Å². The van der Waals surface area contributed by atoms with Crippen LogP contribution in [0.25, 0.3) is 90.9 Å². The highest BCUT2D eigenvalue weighted by atomic mass is 79.9. The Kier molecular flexibility index (Phi) is 9.57. The summed E-state index contributed by atoms with van der Waals surface area (Å²) in [5.74, 6) is 0.828. The molecule has 0 saturated heterocycles. The molecular weight excluding hydrogens is 740 g/mol. The van der Waals surface area contributed by atoms with Crippen LogP contribution in [0.3, 0.4) is 0 Å². The molecule has 55 heavy (non-hydrogen) atoms. The van der Waals surface area contributed by atoms with Gasteiger partial charge in [-0.3, -0.25) is 0 Å². The van der Waals surface area contributed by atoms with Crippen LogP contribution < -0.4 is 4.74 Å². The smallest absolute Gasteiger partial charge is 0.127 e. The van der Waals surface area contributed by atoms with Gasteiger partial charge in [-0.15, -0.1) is 0 Å². The Morgan fingerprint density at radius 2 is 0.873 bits per heavy atom. The monoisotopic (exact) mass is 778 g/mol. The van der Waals surface area contributed by atoms with E-state index >= 15 is 0 Å². The summed E-state index contributed by atoms with van der Waals surface area (Å²) in [4.78, 5) is 19.0. The predicted molar refractivity (Wildman–Crippen MR) is 234 cm³/mol.